The van der Waals surface area contributed by atoms with Gasteiger partial charge in [0.15, 0.2) is 0 Å². The number of aliphatic hydroxyl groups is 3. The lowest BCUT2D eigenvalue weighted by Crippen LogP contribution is -2.36. The minimum Gasteiger partial charge on any atom is -0.491 e. The van der Waals surface area contributed by atoms with Crippen LogP contribution >= 0.6 is 0 Å². The third kappa shape index (κ3) is 4.23. The van der Waals surface area contributed by atoms with Crippen molar-refractivity contribution in [3.63, 3.8) is 0 Å². The molecule has 0 saturated heterocycles. The molecule has 0 spiro atoms. The Labute approximate surface area is 166 Å². The largest absolute Gasteiger partial charge is 0.491 e. The van der Waals surface area contributed by atoms with E-state index in [1.54, 1.807) is 0 Å². The van der Waals surface area contributed by atoms with Crippen LogP contribution in [0, 0.1) is 0 Å². The minimum absolute atomic E-state index is 0.191. The number of aryl methyl sites for hydroxylation is 1. The zero-order valence-electron chi connectivity index (χ0n) is 16.1. The van der Waals surface area contributed by atoms with Crippen LogP contribution in [-0.4, -0.2) is 46.8 Å². The van der Waals surface area contributed by atoms with Crippen LogP contribution in [0.3, 0.4) is 0 Å². The molecule has 2 aromatic rings. The summed E-state index contributed by atoms with van der Waals surface area (Å²) in [6, 6.07) is 14.5. The Morgan fingerprint density at radius 2 is 1.79 bits per heavy atom. The van der Waals surface area contributed by atoms with Crippen molar-refractivity contribution in [1.29, 1.82) is 0 Å². The van der Waals surface area contributed by atoms with E-state index in [-0.39, 0.29) is 12.6 Å². The number of aliphatic hydroxyl groups excluding tert-OH is 3. The summed E-state index contributed by atoms with van der Waals surface area (Å²) in [7, 11) is 0. The average Bonchev–Trinajstić information content (AvgIpc) is 2.71. The number of rotatable bonds is 6. The Kier molecular flexibility index (Phi) is 5.97. The molecule has 0 heterocycles. The Morgan fingerprint density at radius 3 is 2.68 bits per heavy atom. The Balaban J connectivity index is 1.33. The van der Waals surface area contributed by atoms with Crippen molar-refractivity contribution in [1.82, 2.24) is 5.32 Å². The highest BCUT2D eigenvalue weighted by Crippen LogP contribution is 2.31. The maximum absolute atomic E-state index is 10.4. The average molecular weight is 383 g/mol. The summed E-state index contributed by atoms with van der Waals surface area (Å²) < 4.78 is 5.88. The van der Waals surface area contributed by atoms with Crippen molar-refractivity contribution in [2.24, 2.45) is 0 Å². The molecule has 2 unspecified atom stereocenters. The van der Waals surface area contributed by atoms with E-state index < -0.39 is 18.3 Å². The predicted octanol–water partition coefficient (Wildman–Crippen LogP) is 1.91. The van der Waals surface area contributed by atoms with Crippen LogP contribution in [0.4, 0.5) is 0 Å². The maximum atomic E-state index is 10.4. The summed E-state index contributed by atoms with van der Waals surface area (Å²) in [5.74, 6) is 0.686. The number of nitrogens with one attached hydrogen (secondary N) is 1. The molecule has 0 aromatic heterocycles. The van der Waals surface area contributed by atoms with Crippen LogP contribution in [-0.2, 0) is 19.3 Å². The summed E-state index contributed by atoms with van der Waals surface area (Å²) in [4.78, 5) is 0. The van der Waals surface area contributed by atoms with Crippen LogP contribution in [0.15, 0.2) is 42.5 Å². The van der Waals surface area contributed by atoms with Crippen molar-refractivity contribution in [2.45, 2.75) is 56.5 Å². The first kappa shape index (κ1) is 19.4. The van der Waals surface area contributed by atoms with E-state index in [0.717, 1.165) is 30.4 Å². The second kappa shape index (κ2) is 8.62. The molecule has 0 bridgehead atoms. The fraction of sp³-hybridized carbons (Fsp3) is 0.478. The van der Waals surface area contributed by atoms with E-state index in [2.05, 4.69) is 29.6 Å². The van der Waals surface area contributed by atoms with Gasteiger partial charge in [-0.2, -0.15) is 0 Å². The van der Waals surface area contributed by atoms with Gasteiger partial charge in [0, 0.05) is 31.0 Å². The molecular weight excluding hydrogens is 354 g/mol. The van der Waals surface area contributed by atoms with Crippen LogP contribution in [0.5, 0.6) is 5.75 Å². The lowest BCUT2D eigenvalue weighted by atomic mass is 9.87. The van der Waals surface area contributed by atoms with Gasteiger partial charge in [-0.1, -0.05) is 36.4 Å². The Morgan fingerprint density at radius 1 is 1.00 bits per heavy atom. The molecule has 4 atom stereocenters. The summed E-state index contributed by atoms with van der Waals surface area (Å²) in [5, 5.41) is 33.7. The number of fused-ring (bicyclic) bond motifs is 2. The molecule has 5 nitrogen and oxygen atoms in total. The fourth-order valence-corrected chi connectivity index (χ4v) is 4.36. The first-order chi connectivity index (χ1) is 13.6. The van der Waals surface area contributed by atoms with Gasteiger partial charge in [0.25, 0.3) is 0 Å². The monoisotopic (exact) mass is 383 g/mol. The van der Waals surface area contributed by atoms with Crippen molar-refractivity contribution in [3.8, 4) is 5.75 Å². The second-order valence-electron chi connectivity index (χ2n) is 7.95. The van der Waals surface area contributed by atoms with Gasteiger partial charge in [-0.25, -0.2) is 0 Å². The molecule has 28 heavy (non-hydrogen) atoms. The number of ether oxygens (including phenoxy) is 1. The molecule has 0 radical (unpaired) electrons. The van der Waals surface area contributed by atoms with Crippen molar-refractivity contribution < 1.29 is 20.1 Å². The van der Waals surface area contributed by atoms with Crippen molar-refractivity contribution in [2.75, 3.05) is 13.2 Å². The van der Waals surface area contributed by atoms with Crippen LogP contribution in [0.25, 0.3) is 0 Å². The summed E-state index contributed by atoms with van der Waals surface area (Å²) >= 11 is 0. The van der Waals surface area contributed by atoms with Crippen molar-refractivity contribution >= 4 is 0 Å². The van der Waals surface area contributed by atoms with E-state index in [1.165, 1.54) is 11.1 Å². The van der Waals surface area contributed by atoms with Gasteiger partial charge in [0.2, 0.25) is 0 Å². The topological polar surface area (TPSA) is 82.0 Å². The summed E-state index contributed by atoms with van der Waals surface area (Å²) in [6.45, 7) is 0.659. The quantitative estimate of drug-likeness (QED) is 0.613. The molecule has 0 amide bonds. The second-order valence-corrected chi connectivity index (χ2v) is 7.95. The van der Waals surface area contributed by atoms with E-state index in [9.17, 15) is 15.3 Å². The Hall–Kier alpha value is -1.92. The van der Waals surface area contributed by atoms with Gasteiger partial charge in [-0.3, -0.25) is 0 Å². The lowest BCUT2D eigenvalue weighted by Gasteiger charge is -2.28. The standard InChI is InChI=1S/C23H29NO4/c25-17(13-24-20-9-3-6-15-5-1-2-8-18(15)20)14-28-23-10-4-7-16-11-21(26)22(27)12-19(16)23/h1-2,4-5,7-8,10,17,20-22,24-27H,3,6,9,11-14H2/t17?,20?,21-,22-/m1/s1. The molecule has 2 aliphatic carbocycles. The smallest absolute Gasteiger partial charge is 0.123 e. The SMILES string of the molecule is OC(CNC1CCCc2ccccc21)COc1cccc2c1C[C@@H](O)[C@H](O)C2. The molecule has 2 aliphatic rings. The third-order valence-corrected chi connectivity index (χ3v) is 5.92. The van der Waals surface area contributed by atoms with Gasteiger partial charge in [-0.15, -0.1) is 0 Å². The van der Waals surface area contributed by atoms with E-state index in [4.69, 9.17) is 4.74 Å². The normalized spacial score (nSPS) is 24.9. The highest BCUT2D eigenvalue weighted by atomic mass is 16.5. The van der Waals surface area contributed by atoms with Crippen LogP contribution < -0.4 is 10.1 Å². The molecule has 4 rings (SSSR count). The maximum Gasteiger partial charge on any atom is 0.123 e. The van der Waals surface area contributed by atoms with E-state index in [1.807, 2.05) is 18.2 Å². The highest BCUT2D eigenvalue weighted by molar-refractivity contribution is 5.43. The molecule has 4 N–H and O–H groups in total. The van der Waals surface area contributed by atoms with Crippen LogP contribution in [0.2, 0.25) is 0 Å². The summed E-state index contributed by atoms with van der Waals surface area (Å²) in [5.41, 5.74) is 4.67. The van der Waals surface area contributed by atoms with Crippen LogP contribution in [0.1, 0.15) is 41.1 Å². The van der Waals surface area contributed by atoms with Gasteiger partial charge >= 0.3 is 0 Å². The highest BCUT2D eigenvalue weighted by Gasteiger charge is 2.27. The Bertz CT molecular complexity index is 809. The predicted molar refractivity (Wildman–Crippen MR) is 107 cm³/mol. The van der Waals surface area contributed by atoms with E-state index >= 15 is 0 Å². The number of hydrogen-bond donors (Lipinski definition) is 4. The summed E-state index contributed by atoms with van der Waals surface area (Å²) in [6.07, 6.45) is 2.05. The van der Waals surface area contributed by atoms with Gasteiger partial charge in [0.1, 0.15) is 18.5 Å². The molecule has 150 valence electrons. The minimum atomic E-state index is -0.768. The zero-order chi connectivity index (χ0) is 19.5. The number of benzene rings is 2. The zero-order valence-corrected chi connectivity index (χ0v) is 16.1. The molecule has 0 fully saturated rings. The molecule has 2 aromatic carbocycles. The van der Waals surface area contributed by atoms with Crippen molar-refractivity contribution in [3.05, 3.63) is 64.7 Å². The molecular formula is C23H29NO4. The third-order valence-electron chi connectivity index (χ3n) is 5.92. The van der Waals surface area contributed by atoms with E-state index in [0.29, 0.717) is 25.1 Å². The molecule has 0 saturated carbocycles. The number of hydrogen-bond acceptors (Lipinski definition) is 5. The molecule has 0 aliphatic heterocycles. The lowest BCUT2D eigenvalue weighted by molar-refractivity contribution is 0.0132. The van der Waals surface area contributed by atoms with Gasteiger partial charge in [0.05, 0.1) is 12.2 Å². The first-order valence-corrected chi connectivity index (χ1v) is 10.2. The van der Waals surface area contributed by atoms with Gasteiger partial charge < -0.3 is 25.4 Å². The fourth-order valence-electron chi connectivity index (χ4n) is 4.36. The first-order valence-electron chi connectivity index (χ1n) is 10.2. The van der Waals surface area contributed by atoms with Gasteiger partial charge in [-0.05, 0) is 42.0 Å². The molecule has 5 heteroatoms.